The average molecular weight is 511 g/mol. The van der Waals surface area contributed by atoms with E-state index in [0.717, 1.165) is 53.0 Å². The van der Waals surface area contributed by atoms with Gasteiger partial charge in [0.25, 0.3) is 0 Å². The fraction of sp³-hybridized carbons (Fsp3) is 0.407. The molecule has 5 rings (SSSR count). The zero-order valence-electron chi connectivity index (χ0n) is 20.4. The van der Waals surface area contributed by atoms with E-state index >= 15 is 0 Å². The minimum absolute atomic E-state index is 0.0914. The molecule has 9 heteroatoms. The molecule has 2 aliphatic heterocycles. The van der Waals surface area contributed by atoms with E-state index in [1.165, 1.54) is 0 Å². The lowest BCUT2D eigenvalue weighted by molar-refractivity contribution is 0.0270. The number of aromatic nitrogens is 2. The molecule has 36 heavy (non-hydrogen) atoms. The molecular formula is C27H31ClN4O4. The number of hydrogen-bond acceptors (Lipinski definition) is 8. The van der Waals surface area contributed by atoms with Crippen molar-refractivity contribution in [2.45, 2.75) is 45.0 Å². The van der Waals surface area contributed by atoms with Gasteiger partial charge in [-0.1, -0.05) is 61.3 Å². The Hall–Kier alpha value is -2.75. The van der Waals surface area contributed by atoms with Crippen molar-refractivity contribution in [3.63, 3.8) is 0 Å². The molecule has 1 saturated heterocycles. The topological polar surface area (TPSA) is 92.0 Å². The molecule has 190 valence electrons. The van der Waals surface area contributed by atoms with Gasteiger partial charge in [0.05, 0.1) is 24.6 Å². The average Bonchev–Trinajstić information content (AvgIpc) is 3.60. The Morgan fingerprint density at radius 1 is 1.06 bits per heavy atom. The van der Waals surface area contributed by atoms with Crippen molar-refractivity contribution >= 4 is 11.6 Å². The minimum atomic E-state index is -0.438. The van der Waals surface area contributed by atoms with Crippen molar-refractivity contribution in [3.05, 3.63) is 70.4 Å². The molecule has 0 bridgehead atoms. The summed E-state index contributed by atoms with van der Waals surface area (Å²) in [5.74, 6) is 1.42. The molecule has 3 heterocycles. The third-order valence-electron chi connectivity index (χ3n) is 6.59. The molecule has 2 aromatic carbocycles. The highest BCUT2D eigenvalue weighted by molar-refractivity contribution is 6.30. The van der Waals surface area contributed by atoms with Crippen LogP contribution in [0.15, 0.2) is 48.5 Å². The first kappa shape index (κ1) is 24.9. The first-order valence-electron chi connectivity index (χ1n) is 12.3. The van der Waals surface area contributed by atoms with Crippen molar-refractivity contribution in [2.75, 3.05) is 26.7 Å². The first-order chi connectivity index (χ1) is 17.6. The molecule has 2 unspecified atom stereocenters. The second-order valence-electron chi connectivity index (χ2n) is 9.03. The highest BCUT2D eigenvalue weighted by atomic mass is 35.5. The molecule has 1 aromatic heterocycles. The Balaban J connectivity index is 1.51. The molecule has 1 fully saturated rings. The van der Waals surface area contributed by atoms with Crippen LogP contribution in [0.25, 0.3) is 11.3 Å². The number of unbranched alkanes of at least 4 members (excludes halogenated alkanes) is 1. The molecule has 2 aliphatic rings. The van der Waals surface area contributed by atoms with E-state index in [1.54, 1.807) is 0 Å². The van der Waals surface area contributed by atoms with Gasteiger partial charge in [0.1, 0.15) is 6.79 Å². The summed E-state index contributed by atoms with van der Waals surface area (Å²) in [5.41, 5.74) is 11.7. The van der Waals surface area contributed by atoms with E-state index in [4.69, 9.17) is 36.3 Å². The van der Waals surface area contributed by atoms with Gasteiger partial charge in [-0.2, -0.15) is 0 Å². The summed E-state index contributed by atoms with van der Waals surface area (Å²) < 4.78 is 22.3. The van der Waals surface area contributed by atoms with Gasteiger partial charge in [-0.05, 0) is 36.1 Å². The van der Waals surface area contributed by atoms with Crippen molar-refractivity contribution in [3.8, 4) is 22.8 Å². The van der Waals surface area contributed by atoms with Gasteiger partial charge in [-0.15, -0.1) is 10.2 Å². The van der Waals surface area contributed by atoms with Gasteiger partial charge in [-0.3, -0.25) is 4.90 Å². The predicted octanol–water partition coefficient (Wildman–Crippen LogP) is 4.70. The molecule has 0 aliphatic carbocycles. The summed E-state index contributed by atoms with van der Waals surface area (Å²) in [7, 11) is 0. The number of benzene rings is 2. The number of nitrogens with two attached hydrogens (primary N) is 1. The molecule has 0 spiro atoms. The summed E-state index contributed by atoms with van der Waals surface area (Å²) in [5, 5.41) is 9.25. The number of hydrogen-bond donors (Lipinski definition) is 1. The Morgan fingerprint density at radius 3 is 2.67 bits per heavy atom. The molecular weight excluding hydrogens is 480 g/mol. The quantitative estimate of drug-likeness (QED) is 0.392. The molecule has 2 N–H and O–H groups in total. The molecule has 8 nitrogen and oxygen atoms in total. The largest absolute Gasteiger partial charge is 0.454 e. The highest BCUT2D eigenvalue weighted by Crippen LogP contribution is 2.36. The lowest BCUT2D eigenvalue weighted by Gasteiger charge is -2.32. The summed E-state index contributed by atoms with van der Waals surface area (Å²) >= 11 is 6.72. The number of fused-ring (bicyclic) bond motifs is 1. The third-order valence-corrected chi connectivity index (χ3v) is 6.89. The second-order valence-corrected chi connectivity index (χ2v) is 9.39. The summed E-state index contributed by atoms with van der Waals surface area (Å²) in [6.07, 6.45) is 2.39. The Kier molecular flexibility index (Phi) is 7.99. The van der Waals surface area contributed by atoms with Gasteiger partial charge < -0.3 is 24.7 Å². The normalized spacial score (nSPS) is 17.6. The Labute approximate surface area is 216 Å². The van der Waals surface area contributed by atoms with E-state index in [0.29, 0.717) is 30.6 Å². The summed E-state index contributed by atoms with van der Waals surface area (Å²) in [6, 6.07) is 15.9. The Bertz CT molecular complexity index is 1170. The van der Waals surface area contributed by atoms with E-state index in [2.05, 4.69) is 34.2 Å². The van der Waals surface area contributed by atoms with Gasteiger partial charge >= 0.3 is 0 Å². The Morgan fingerprint density at radius 2 is 1.89 bits per heavy atom. The maximum atomic E-state index is 6.86. The van der Waals surface area contributed by atoms with Crippen LogP contribution in [0.2, 0.25) is 5.15 Å². The summed E-state index contributed by atoms with van der Waals surface area (Å²) in [6.45, 7) is 4.26. The van der Waals surface area contributed by atoms with Crippen molar-refractivity contribution < 1.29 is 18.9 Å². The fourth-order valence-electron chi connectivity index (χ4n) is 4.62. The van der Waals surface area contributed by atoms with Crippen molar-refractivity contribution in [2.24, 2.45) is 5.73 Å². The van der Waals surface area contributed by atoms with E-state index < -0.39 is 6.17 Å². The summed E-state index contributed by atoms with van der Waals surface area (Å²) in [4.78, 5) is 2.16. The van der Waals surface area contributed by atoms with E-state index in [-0.39, 0.29) is 19.7 Å². The number of halogens is 1. The monoisotopic (exact) mass is 510 g/mol. The lowest BCUT2D eigenvalue weighted by atomic mass is 9.97. The van der Waals surface area contributed by atoms with Crippen molar-refractivity contribution in [1.82, 2.24) is 15.1 Å². The maximum Gasteiger partial charge on any atom is 0.231 e. The molecule has 0 saturated carbocycles. The minimum Gasteiger partial charge on any atom is -0.454 e. The lowest BCUT2D eigenvalue weighted by Crippen LogP contribution is -2.40. The van der Waals surface area contributed by atoms with Crippen LogP contribution < -0.4 is 15.2 Å². The number of nitrogens with zero attached hydrogens (tertiary/aromatic N) is 3. The van der Waals surface area contributed by atoms with E-state index in [1.807, 2.05) is 36.4 Å². The second kappa shape index (κ2) is 11.5. The first-order valence-corrected chi connectivity index (χ1v) is 12.7. The standard InChI is InChI=1S/C27H31ClN4O4/c1-2-3-9-21-22(26(28)31-30-25(21)18-7-5-4-6-8-18)14-32(13-20-15-33-16-34-20)27(29)19-10-11-23-24(12-19)36-17-35-23/h4-8,10-12,20,27H,2-3,9,13-17,29H2,1H3. The van der Waals surface area contributed by atoms with Crippen LogP contribution in [0.4, 0.5) is 0 Å². The molecule has 3 aromatic rings. The molecule has 2 atom stereocenters. The van der Waals surface area contributed by atoms with Crippen LogP contribution in [0.5, 0.6) is 11.5 Å². The van der Waals surface area contributed by atoms with Gasteiger partial charge in [0.15, 0.2) is 16.7 Å². The van der Waals surface area contributed by atoms with E-state index in [9.17, 15) is 0 Å². The SMILES string of the molecule is CCCCc1c(-c2ccccc2)nnc(Cl)c1CN(CC1COCO1)C(N)c1ccc2c(c1)OCO2. The number of rotatable bonds is 10. The highest BCUT2D eigenvalue weighted by Gasteiger charge is 2.28. The molecule has 0 radical (unpaired) electrons. The smallest absolute Gasteiger partial charge is 0.231 e. The number of ether oxygens (including phenoxy) is 4. The third kappa shape index (κ3) is 5.48. The predicted molar refractivity (Wildman–Crippen MR) is 137 cm³/mol. The van der Waals surface area contributed by atoms with Crippen LogP contribution in [0, 0.1) is 0 Å². The van der Waals surface area contributed by atoms with Gasteiger partial charge in [0, 0.05) is 24.2 Å². The van der Waals surface area contributed by atoms with Crippen LogP contribution >= 0.6 is 11.6 Å². The zero-order chi connectivity index (χ0) is 24.9. The van der Waals surface area contributed by atoms with Gasteiger partial charge in [0.2, 0.25) is 6.79 Å². The van der Waals surface area contributed by atoms with Crippen LogP contribution in [-0.2, 0) is 22.4 Å². The van der Waals surface area contributed by atoms with Crippen molar-refractivity contribution in [1.29, 1.82) is 0 Å². The fourth-order valence-corrected chi connectivity index (χ4v) is 4.83. The van der Waals surface area contributed by atoms with Crippen LogP contribution in [0.1, 0.15) is 42.6 Å². The van der Waals surface area contributed by atoms with Crippen LogP contribution in [0.3, 0.4) is 0 Å². The zero-order valence-corrected chi connectivity index (χ0v) is 21.1. The van der Waals surface area contributed by atoms with Crippen LogP contribution in [-0.4, -0.2) is 47.9 Å². The maximum absolute atomic E-state index is 6.86. The van der Waals surface area contributed by atoms with Gasteiger partial charge in [-0.25, -0.2) is 0 Å². The molecule has 0 amide bonds.